The van der Waals surface area contributed by atoms with Crippen molar-refractivity contribution in [3.05, 3.63) is 52.5 Å². The van der Waals surface area contributed by atoms with Crippen molar-refractivity contribution in [2.75, 3.05) is 6.54 Å². The van der Waals surface area contributed by atoms with Gasteiger partial charge in [-0.1, -0.05) is 32.9 Å². The van der Waals surface area contributed by atoms with E-state index >= 15 is 0 Å². The Hall–Kier alpha value is -1.68. The molecule has 2 rings (SSSR count). The van der Waals surface area contributed by atoms with Crippen LogP contribution in [0.25, 0.3) is 0 Å². The SMILES string of the molecule is CC(C)(C)C(=O)N(CCc1cccs1)Cc1cccnc1. The van der Waals surface area contributed by atoms with Crippen LogP contribution in [0.15, 0.2) is 42.0 Å². The quantitative estimate of drug-likeness (QED) is 0.842. The molecule has 3 nitrogen and oxygen atoms in total. The summed E-state index contributed by atoms with van der Waals surface area (Å²) < 4.78 is 0. The van der Waals surface area contributed by atoms with E-state index in [1.165, 1.54) is 4.88 Å². The molecule has 2 aromatic rings. The molecule has 2 heterocycles. The van der Waals surface area contributed by atoms with E-state index in [1.807, 2.05) is 44.0 Å². The molecule has 0 aliphatic heterocycles. The van der Waals surface area contributed by atoms with Crippen LogP contribution in [0, 0.1) is 5.41 Å². The third-order valence-corrected chi connectivity index (χ3v) is 4.17. The molecule has 0 unspecified atom stereocenters. The fourth-order valence-corrected chi connectivity index (χ4v) is 2.84. The number of hydrogen-bond donors (Lipinski definition) is 0. The first-order valence-electron chi connectivity index (χ1n) is 7.17. The van der Waals surface area contributed by atoms with Crippen molar-refractivity contribution < 1.29 is 4.79 Å². The summed E-state index contributed by atoms with van der Waals surface area (Å²) in [4.78, 5) is 20.0. The summed E-state index contributed by atoms with van der Waals surface area (Å²) in [5.41, 5.74) is 0.707. The Labute approximate surface area is 130 Å². The highest BCUT2D eigenvalue weighted by molar-refractivity contribution is 7.09. The molecule has 0 fully saturated rings. The maximum Gasteiger partial charge on any atom is 0.228 e. The van der Waals surface area contributed by atoms with Crippen molar-refractivity contribution >= 4 is 17.2 Å². The Morgan fingerprint density at radius 1 is 1.29 bits per heavy atom. The highest BCUT2D eigenvalue weighted by Crippen LogP contribution is 2.20. The number of rotatable bonds is 5. The standard InChI is InChI=1S/C17H22N2OS/c1-17(2,3)16(20)19(10-8-15-7-5-11-21-15)13-14-6-4-9-18-12-14/h4-7,9,11-12H,8,10,13H2,1-3H3. The van der Waals surface area contributed by atoms with Gasteiger partial charge in [-0.25, -0.2) is 0 Å². The molecule has 0 aliphatic carbocycles. The summed E-state index contributed by atoms with van der Waals surface area (Å²) in [5.74, 6) is 0.183. The highest BCUT2D eigenvalue weighted by Gasteiger charge is 2.27. The lowest BCUT2D eigenvalue weighted by atomic mass is 9.94. The Balaban J connectivity index is 2.08. The second-order valence-corrected chi connectivity index (χ2v) is 7.20. The zero-order valence-electron chi connectivity index (χ0n) is 12.9. The fraction of sp³-hybridized carbons (Fsp3) is 0.412. The first-order chi connectivity index (χ1) is 9.97. The van der Waals surface area contributed by atoms with Gasteiger partial charge in [0.15, 0.2) is 0 Å². The number of amides is 1. The molecular formula is C17H22N2OS. The second-order valence-electron chi connectivity index (χ2n) is 6.17. The Morgan fingerprint density at radius 2 is 2.10 bits per heavy atom. The van der Waals surface area contributed by atoms with Crippen molar-refractivity contribution in [1.29, 1.82) is 0 Å². The summed E-state index contributed by atoms with van der Waals surface area (Å²) in [7, 11) is 0. The highest BCUT2D eigenvalue weighted by atomic mass is 32.1. The largest absolute Gasteiger partial charge is 0.337 e. The van der Waals surface area contributed by atoms with E-state index in [2.05, 4.69) is 22.5 Å². The first-order valence-corrected chi connectivity index (χ1v) is 8.05. The average Bonchev–Trinajstić information content (AvgIpc) is 2.96. The van der Waals surface area contributed by atoms with Gasteiger partial charge in [0, 0.05) is 35.8 Å². The van der Waals surface area contributed by atoms with Crippen LogP contribution in [0.2, 0.25) is 0 Å². The number of pyridine rings is 1. The molecule has 0 saturated carbocycles. The average molecular weight is 302 g/mol. The van der Waals surface area contributed by atoms with Crippen molar-refractivity contribution in [2.24, 2.45) is 5.41 Å². The van der Waals surface area contributed by atoms with Crippen LogP contribution in [0.1, 0.15) is 31.2 Å². The summed E-state index contributed by atoms with van der Waals surface area (Å²) in [6, 6.07) is 8.10. The van der Waals surface area contributed by atoms with Gasteiger partial charge >= 0.3 is 0 Å². The van der Waals surface area contributed by atoms with Gasteiger partial charge in [0.2, 0.25) is 5.91 Å². The third-order valence-electron chi connectivity index (χ3n) is 3.23. The van der Waals surface area contributed by atoms with E-state index in [4.69, 9.17) is 0 Å². The smallest absolute Gasteiger partial charge is 0.228 e. The number of carbonyl (C=O) groups is 1. The predicted molar refractivity (Wildman–Crippen MR) is 87.1 cm³/mol. The molecule has 1 amide bonds. The Kier molecular flexibility index (Phi) is 5.12. The van der Waals surface area contributed by atoms with Gasteiger partial charge in [0.05, 0.1) is 0 Å². The van der Waals surface area contributed by atoms with Crippen molar-refractivity contribution in [1.82, 2.24) is 9.88 Å². The Bertz CT molecular complexity index is 558. The molecule has 0 aromatic carbocycles. The van der Waals surface area contributed by atoms with Crippen molar-refractivity contribution in [3.8, 4) is 0 Å². The van der Waals surface area contributed by atoms with Crippen LogP contribution < -0.4 is 0 Å². The van der Waals surface area contributed by atoms with E-state index in [0.29, 0.717) is 6.54 Å². The van der Waals surface area contributed by atoms with Gasteiger partial charge in [-0.15, -0.1) is 11.3 Å². The van der Waals surface area contributed by atoms with Gasteiger partial charge in [-0.3, -0.25) is 9.78 Å². The van der Waals surface area contributed by atoms with Gasteiger partial charge in [0.1, 0.15) is 0 Å². The lowest BCUT2D eigenvalue weighted by molar-refractivity contribution is -0.140. The molecule has 4 heteroatoms. The van der Waals surface area contributed by atoms with Gasteiger partial charge in [-0.2, -0.15) is 0 Å². The molecule has 2 aromatic heterocycles. The van der Waals surface area contributed by atoms with Gasteiger partial charge < -0.3 is 4.90 Å². The number of aromatic nitrogens is 1. The molecule has 112 valence electrons. The zero-order valence-corrected chi connectivity index (χ0v) is 13.7. The fourth-order valence-electron chi connectivity index (χ4n) is 2.14. The van der Waals surface area contributed by atoms with Crippen LogP contribution in [0.4, 0.5) is 0 Å². The molecule has 0 saturated heterocycles. The van der Waals surface area contributed by atoms with Gasteiger partial charge in [-0.05, 0) is 29.5 Å². The monoisotopic (exact) mass is 302 g/mol. The lowest BCUT2D eigenvalue weighted by Crippen LogP contribution is -2.40. The molecule has 0 atom stereocenters. The Morgan fingerprint density at radius 3 is 2.67 bits per heavy atom. The number of nitrogens with zero attached hydrogens (tertiary/aromatic N) is 2. The topological polar surface area (TPSA) is 33.2 Å². The normalized spacial score (nSPS) is 11.4. The molecular weight excluding hydrogens is 280 g/mol. The molecule has 0 N–H and O–H groups in total. The lowest BCUT2D eigenvalue weighted by Gasteiger charge is -2.29. The van der Waals surface area contributed by atoms with Crippen molar-refractivity contribution in [2.45, 2.75) is 33.7 Å². The second kappa shape index (κ2) is 6.85. The van der Waals surface area contributed by atoms with E-state index in [1.54, 1.807) is 17.5 Å². The molecule has 0 bridgehead atoms. The summed E-state index contributed by atoms with van der Waals surface area (Å²) in [5, 5.41) is 2.08. The van der Waals surface area contributed by atoms with Crippen LogP contribution in [-0.4, -0.2) is 22.3 Å². The number of thiophene rings is 1. The van der Waals surface area contributed by atoms with Crippen molar-refractivity contribution in [3.63, 3.8) is 0 Å². The number of carbonyl (C=O) groups excluding carboxylic acids is 1. The van der Waals surface area contributed by atoms with Crippen LogP contribution in [0.3, 0.4) is 0 Å². The van der Waals surface area contributed by atoms with E-state index < -0.39 is 0 Å². The molecule has 0 aliphatic rings. The maximum absolute atomic E-state index is 12.6. The summed E-state index contributed by atoms with van der Waals surface area (Å²) >= 11 is 1.74. The minimum absolute atomic E-state index is 0.183. The molecule has 0 spiro atoms. The minimum Gasteiger partial charge on any atom is -0.337 e. The molecule has 0 radical (unpaired) electrons. The van der Waals surface area contributed by atoms with Crippen LogP contribution in [-0.2, 0) is 17.8 Å². The third kappa shape index (κ3) is 4.67. The number of hydrogen-bond acceptors (Lipinski definition) is 3. The van der Waals surface area contributed by atoms with Gasteiger partial charge in [0.25, 0.3) is 0 Å². The summed E-state index contributed by atoms with van der Waals surface area (Å²) in [6.07, 6.45) is 4.49. The van der Waals surface area contributed by atoms with Crippen LogP contribution in [0.5, 0.6) is 0 Å². The van der Waals surface area contributed by atoms with E-state index in [-0.39, 0.29) is 11.3 Å². The zero-order chi connectivity index (χ0) is 15.3. The van der Waals surface area contributed by atoms with E-state index in [0.717, 1.165) is 18.5 Å². The molecule has 21 heavy (non-hydrogen) atoms. The van der Waals surface area contributed by atoms with E-state index in [9.17, 15) is 4.79 Å². The minimum atomic E-state index is -0.363. The van der Waals surface area contributed by atoms with Crippen LogP contribution >= 0.6 is 11.3 Å². The summed E-state index contributed by atoms with van der Waals surface area (Å²) in [6.45, 7) is 7.27. The predicted octanol–water partition coefficient (Wildman–Crippen LogP) is 3.76. The maximum atomic E-state index is 12.6. The first kappa shape index (κ1) is 15.7.